The van der Waals surface area contributed by atoms with Crippen molar-refractivity contribution in [2.75, 3.05) is 13.7 Å². The number of halogens is 1. The second-order valence-corrected chi connectivity index (χ2v) is 7.03. The van der Waals surface area contributed by atoms with Crippen LogP contribution >= 0.6 is 0 Å². The smallest absolute Gasteiger partial charge is 0.272 e. The number of carbonyl (C=O) groups excluding carboxylic acids is 2. The van der Waals surface area contributed by atoms with Gasteiger partial charge in [-0.1, -0.05) is 24.3 Å². The number of fused-ring (bicyclic) bond motifs is 1. The standard InChI is InChI=1S/C22H21FN4O3/c1-30-18-4-2-3-16(11-18)14-26-9-10-27-20(22(26)29)12-19(25-27)21(28)24-13-15-5-7-17(23)8-6-15/h2-8,11-12H,9-10,13-14H2,1H3,(H,24,28). The van der Waals surface area contributed by atoms with E-state index in [1.165, 1.54) is 18.2 Å². The molecule has 0 bridgehead atoms. The van der Waals surface area contributed by atoms with E-state index in [0.29, 0.717) is 25.3 Å². The van der Waals surface area contributed by atoms with Gasteiger partial charge in [0, 0.05) is 25.7 Å². The summed E-state index contributed by atoms with van der Waals surface area (Å²) in [6.07, 6.45) is 0. The molecule has 8 heteroatoms. The number of rotatable bonds is 6. The molecule has 0 unspecified atom stereocenters. The molecule has 0 spiro atoms. The summed E-state index contributed by atoms with van der Waals surface area (Å²) in [7, 11) is 1.60. The van der Waals surface area contributed by atoms with Gasteiger partial charge in [0.15, 0.2) is 5.69 Å². The van der Waals surface area contributed by atoms with E-state index < -0.39 is 0 Å². The third-order valence-corrected chi connectivity index (χ3v) is 4.97. The zero-order valence-corrected chi connectivity index (χ0v) is 16.5. The van der Waals surface area contributed by atoms with Gasteiger partial charge in [0.05, 0.1) is 13.7 Å². The predicted molar refractivity (Wildman–Crippen MR) is 108 cm³/mol. The Morgan fingerprint density at radius 3 is 2.70 bits per heavy atom. The van der Waals surface area contributed by atoms with Crippen molar-refractivity contribution in [3.63, 3.8) is 0 Å². The molecule has 0 atom stereocenters. The molecule has 1 aromatic heterocycles. The van der Waals surface area contributed by atoms with E-state index in [-0.39, 0.29) is 29.9 Å². The molecule has 3 aromatic rings. The van der Waals surface area contributed by atoms with Gasteiger partial charge in [-0.15, -0.1) is 0 Å². The van der Waals surface area contributed by atoms with Crippen LogP contribution in [0.4, 0.5) is 4.39 Å². The summed E-state index contributed by atoms with van der Waals surface area (Å²) in [5, 5.41) is 7.02. The summed E-state index contributed by atoms with van der Waals surface area (Å²) >= 11 is 0. The molecule has 4 rings (SSSR count). The molecule has 1 N–H and O–H groups in total. The number of methoxy groups -OCH3 is 1. The largest absolute Gasteiger partial charge is 0.497 e. The molecule has 0 saturated heterocycles. The zero-order chi connectivity index (χ0) is 21.1. The van der Waals surface area contributed by atoms with Crippen molar-refractivity contribution in [3.05, 3.63) is 82.9 Å². The Morgan fingerprint density at radius 2 is 1.93 bits per heavy atom. The van der Waals surface area contributed by atoms with Crippen LogP contribution < -0.4 is 10.1 Å². The lowest BCUT2D eigenvalue weighted by Crippen LogP contribution is -2.39. The first-order valence-corrected chi connectivity index (χ1v) is 9.56. The van der Waals surface area contributed by atoms with Crippen LogP contribution in [0.5, 0.6) is 5.75 Å². The number of nitrogens with one attached hydrogen (secondary N) is 1. The first-order valence-electron chi connectivity index (χ1n) is 9.56. The van der Waals surface area contributed by atoms with Gasteiger partial charge in [-0.25, -0.2) is 4.39 Å². The topological polar surface area (TPSA) is 76.5 Å². The lowest BCUT2D eigenvalue weighted by atomic mass is 10.1. The van der Waals surface area contributed by atoms with Crippen LogP contribution in [0.15, 0.2) is 54.6 Å². The number of benzene rings is 2. The van der Waals surface area contributed by atoms with Crippen LogP contribution in [0, 0.1) is 5.82 Å². The molecular formula is C22H21FN4O3. The number of aromatic nitrogens is 2. The highest BCUT2D eigenvalue weighted by Gasteiger charge is 2.28. The van der Waals surface area contributed by atoms with Crippen LogP contribution in [0.25, 0.3) is 0 Å². The minimum atomic E-state index is -0.381. The van der Waals surface area contributed by atoms with E-state index in [9.17, 15) is 14.0 Å². The lowest BCUT2D eigenvalue weighted by molar-refractivity contribution is 0.0683. The number of ether oxygens (including phenoxy) is 1. The minimum Gasteiger partial charge on any atom is -0.497 e. The summed E-state index contributed by atoms with van der Waals surface area (Å²) in [6, 6.07) is 15.0. The van der Waals surface area contributed by atoms with Gasteiger partial charge < -0.3 is 15.0 Å². The number of hydrogen-bond acceptors (Lipinski definition) is 4. The van der Waals surface area contributed by atoms with E-state index in [4.69, 9.17) is 4.74 Å². The molecule has 0 radical (unpaired) electrons. The van der Waals surface area contributed by atoms with E-state index in [0.717, 1.165) is 16.9 Å². The fourth-order valence-corrected chi connectivity index (χ4v) is 3.37. The molecule has 0 saturated carbocycles. The Hall–Kier alpha value is -3.68. The first-order chi connectivity index (χ1) is 14.5. The van der Waals surface area contributed by atoms with Gasteiger partial charge in [0.25, 0.3) is 11.8 Å². The van der Waals surface area contributed by atoms with Crippen LogP contribution in [-0.4, -0.2) is 40.1 Å². The second kappa shape index (κ2) is 8.36. The van der Waals surface area contributed by atoms with E-state index in [1.54, 1.807) is 28.8 Å². The van der Waals surface area contributed by atoms with Crippen LogP contribution in [0.1, 0.15) is 32.1 Å². The fraction of sp³-hybridized carbons (Fsp3) is 0.227. The molecule has 2 heterocycles. The second-order valence-electron chi connectivity index (χ2n) is 7.03. The molecule has 1 aliphatic heterocycles. The highest BCUT2D eigenvalue weighted by Crippen LogP contribution is 2.19. The predicted octanol–water partition coefficient (Wildman–Crippen LogP) is 2.62. The maximum Gasteiger partial charge on any atom is 0.272 e. The highest BCUT2D eigenvalue weighted by atomic mass is 19.1. The van der Waals surface area contributed by atoms with Crippen molar-refractivity contribution in [3.8, 4) is 5.75 Å². The molecular weight excluding hydrogens is 387 g/mol. The monoisotopic (exact) mass is 408 g/mol. The quantitative estimate of drug-likeness (QED) is 0.680. The van der Waals surface area contributed by atoms with Crippen LogP contribution in [0.3, 0.4) is 0 Å². The van der Waals surface area contributed by atoms with Crippen LogP contribution in [0.2, 0.25) is 0 Å². The van der Waals surface area contributed by atoms with E-state index in [1.807, 2.05) is 24.3 Å². The number of amides is 2. The molecule has 1 aliphatic rings. The van der Waals surface area contributed by atoms with Crippen molar-refractivity contribution in [1.82, 2.24) is 20.0 Å². The molecule has 0 aliphatic carbocycles. The summed E-state index contributed by atoms with van der Waals surface area (Å²) in [4.78, 5) is 27.1. The first kappa shape index (κ1) is 19.6. The third-order valence-electron chi connectivity index (χ3n) is 4.97. The minimum absolute atomic E-state index is 0.172. The van der Waals surface area contributed by atoms with Gasteiger partial charge >= 0.3 is 0 Å². The maximum absolute atomic E-state index is 13.0. The summed E-state index contributed by atoms with van der Waals surface area (Å²) < 4.78 is 19.8. The molecule has 30 heavy (non-hydrogen) atoms. The van der Waals surface area contributed by atoms with Crippen LogP contribution in [-0.2, 0) is 19.6 Å². The zero-order valence-electron chi connectivity index (χ0n) is 16.5. The summed E-state index contributed by atoms with van der Waals surface area (Å²) in [5.74, 6) is -0.145. The van der Waals surface area contributed by atoms with E-state index in [2.05, 4.69) is 10.4 Å². The third kappa shape index (κ3) is 4.17. The molecule has 2 aromatic carbocycles. The number of hydrogen-bond donors (Lipinski definition) is 1. The van der Waals surface area contributed by atoms with Crippen molar-refractivity contribution in [2.45, 2.75) is 19.6 Å². The number of nitrogens with zero attached hydrogens (tertiary/aromatic N) is 3. The Kier molecular flexibility index (Phi) is 5.47. The Bertz CT molecular complexity index is 1080. The molecule has 0 fully saturated rings. The average molecular weight is 408 g/mol. The molecule has 2 amide bonds. The van der Waals surface area contributed by atoms with Crippen molar-refractivity contribution in [2.24, 2.45) is 0 Å². The molecule has 7 nitrogen and oxygen atoms in total. The maximum atomic E-state index is 13.0. The van der Waals surface area contributed by atoms with Gasteiger partial charge in [-0.05, 0) is 35.4 Å². The van der Waals surface area contributed by atoms with Crippen molar-refractivity contribution in [1.29, 1.82) is 0 Å². The van der Waals surface area contributed by atoms with Crippen molar-refractivity contribution < 1.29 is 18.7 Å². The lowest BCUT2D eigenvalue weighted by Gasteiger charge is -2.27. The Labute approximate surface area is 173 Å². The van der Waals surface area contributed by atoms with Gasteiger partial charge in [-0.2, -0.15) is 5.10 Å². The van der Waals surface area contributed by atoms with Gasteiger partial charge in [-0.3, -0.25) is 14.3 Å². The average Bonchev–Trinajstić information content (AvgIpc) is 3.21. The SMILES string of the molecule is COc1cccc(CN2CCn3nc(C(=O)NCc4ccc(F)cc4)cc3C2=O)c1. The Balaban J connectivity index is 1.43. The summed E-state index contributed by atoms with van der Waals surface area (Å²) in [5.41, 5.74) is 2.31. The van der Waals surface area contributed by atoms with Gasteiger partial charge in [0.2, 0.25) is 0 Å². The summed E-state index contributed by atoms with van der Waals surface area (Å²) in [6.45, 7) is 1.71. The van der Waals surface area contributed by atoms with E-state index >= 15 is 0 Å². The van der Waals surface area contributed by atoms with Gasteiger partial charge in [0.1, 0.15) is 17.3 Å². The number of carbonyl (C=O) groups is 2. The normalized spacial score (nSPS) is 13.1. The van der Waals surface area contributed by atoms with Crippen molar-refractivity contribution >= 4 is 11.8 Å². The highest BCUT2D eigenvalue weighted by molar-refractivity contribution is 5.98. The Morgan fingerprint density at radius 1 is 1.13 bits per heavy atom. The molecule has 154 valence electrons. The fourth-order valence-electron chi connectivity index (χ4n) is 3.37.